The Hall–Kier alpha value is -2.52. The lowest BCUT2D eigenvalue weighted by molar-refractivity contribution is 0.147. The van der Waals surface area contributed by atoms with Gasteiger partial charge in [-0.2, -0.15) is 10.2 Å². The second kappa shape index (κ2) is 8.05. The van der Waals surface area contributed by atoms with E-state index in [0.717, 1.165) is 6.42 Å². The van der Waals surface area contributed by atoms with Crippen molar-refractivity contribution >= 4 is 5.88 Å². The molecule has 22 heavy (non-hydrogen) atoms. The van der Waals surface area contributed by atoms with E-state index in [1.165, 1.54) is 0 Å². The molecule has 0 aliphatic carbocycles. The summed E-state index contributed by atoms with van der Waals surface area (Å²) >= 11 is 0. The fourth-order valence-electron chi connectivity index (χ4n) is 1.97. The summed E-state index contributed by atoms with van der Waals surface area (Å²) in [5.74, 6) is 1.39. The van der Waals surface area contributed by atoms with Crippen molar-refractivity contribution in [3.05, 3.63) is 30.0 Å². The van der Waals surface area contributed by atoms with Crippen molar-refractivity contribution in [1.29, 1.82) is 5.26 Å². The van der Waals surface area contributed by atoms with Gasteiger partial charge in [0.15, 0.2) is 0 Å². The number of anilines is 1. The third-order valence-corrected chi connectivity index (χ3v) is 3.03. The molecular formula is C16H19N3O3. The van der Waals surface area contributed by atoms with Gasteiger partial charge in [-0.25, -0.2) is 0 Å². The van der Waals surface area contributed by atoms with Gasteiger partial charge in [-0.1, -0.05) is 12.1 Å². The first kappa shape index (κ1) is 15.9. The van der Waals surface area contributed by atoms with Crippen LogP contribution in [0.25, 0.3) is 11.5 Å². The van der Waals surface area contributed by atoms with Crippen LogP contribution in [0.4, 0.5) is 5.88 Å². The van der Waals surface area contributed by atoms with Crippen molar-refractivity contribution in [2.75, 3.05) is 32.2 Å². The highest BCUT2D eigenvalue weighted by molar-refractivity contribution is 5.65. The molecule has 6 heteroatoms. The second-order valence-electron chi connectivity index (χ2n) is 4.49. The van der Waals surface area contributed by atoms with E-state index in [-0.39, 0.29) is 5.69 Å². The molecule has 1 N–H and O–H groups in total. The van der Waals surface area contributed by atoms with E-state index < -0.39 is 0 Å². The van der Waals surface area contributed by atoms with Gasteiger partial charge in [-0.3, -0.25) is 0 Å². The molecule has 0 aliphatic rings. The van der Waals surface area contributed by atoms with Crippen molar-refractivity contribution in [1.82, 2.24) is 4.98 Å². The van der Waals surface area contributed by atoms with Crippen LogP contribution >= 0.6 is 0 Å². The maximum Gasteiger partial charge on any atom is 0.233 e. The Bertz CT molecular complexity index is 646. The number of hydrogen-bond donors (Lipinski definition) is 1. The van der Waals surface area contributed by atoms with E-state index >= 15 is 0 Å². The summed E-state index contributed by atoms with van der Waals surface area (Å²) in [7, 11) is 1.58. The molecule has 116 valence electrons. The Labute approximate surface area is 129 Å². The van der Waals surface area contributed by atoms with Gasteiger partial charge in [-0.05, 0) is 25.5 Å². The summed E-state index contributed by atoms with van der Waals surface area (Å²) in [6.45, 7) is 3.97. The number of methoxy groups -OCH3 is 1. The molecule has 1 aromatic heterocycles. The van der Waals surface area contributed by atoms with E-state index in [4.69, 9.17) is 13.9 Å². The summed E-state index contributed by atoms with van der Waals surface area (Å²) in [4.78, 5) is 4.22. The number of hydrogen-bond acceptors (Lipinski definition) is 6. The van der Waals surface area contributed by atoms with Crippen molar-refractivity contribution in [2.45, 2.75) is 13.3 Å². The highest BCUT2D eigenvalue weighted by atomic mass is 16.5. The van der Waals surface area contributed by atoms with Crippen LogP contribution in [-0.2, 0) is 4.74 Å². The molecule has 0 saturated carbocycles. The SMILES string of the molecule is CCOCCCNc1oc(-c2ccccc2OC)nc1C#N. The van der Waals surface area contributed by atoms with Crippen LogP contribution in [0.1, 0.15) is 19.0 Å². The maximum absolute atomic E-state index is 9.18. The number of benzene rings is 1. The number of aromatic nitrogens is 1. The lowest BCUT2D eigenvalue weighted by atomic mass is 10.2. The molecule has 0 aliphatic heterocycles. The molecule has 2 rings (SSSR count). The molecule has 0 spiro atoms. The average Bonchev–Trinajstić information content (AvgIpc) is 2.97. The number of nitrogens with zero attached hydrogens (tertiary/aromatic N) is 2. The number of nitrogens with one attached hydrogen (secondary N) is 1. The van der Waals surface area contributed by atoms with Crippen LogP contribution in [0.2, 0.25) is 0 Å². The molecule has 0 saturated heterocycles. The van der Waals surface area contributed by atoms with Crippen LogP contribution in [0, 0.1) is 11.3 Å². The standard InChI is InChI=1S/C16H19N3O3/c1-3-21-10-6-9-18-16-13(11-17)19-15(22-16)12-7-4-5-8-14(12)20-2/h4-5,7-8,18H,3,6,9-10H2,1-2H3. The van der Waals surface area contributed by atoms with Crippen LogP contribution in [0.3, 0.4) is 0 Å². The largest absolute Gasteiger partial charge is 0.496 e. The summed E-state index contributed by atoms with van der Waals surface area (Å²) in [5.41, 5.74) is 0.946. The Morgan fingerprint density at radius 1 is 1.36 bits per heavy atom. The highest BCUT2D eigenvalue weighted by Crippen LogP contribution is 2.31. The summed E-state index contributed by atoms with van der Waals surface area (Å²) in [6.07, 6.45) is 0.823. The molecule has 0 radical (unpaired) electrons. The lowest BCUT2D eigenvalue weighted by Crippen LogP contribution is -2.05. The number of oxazole rings is 1. The third kappa shape index (κ3) is 3.77. The molecule has 0 fully saturated rings. The third-order valence-electron chi connectivity index (χ3n) is 3.03. The molecule has 6 nitrogen and oxygen atoms in total. The zero-order chi connectivity index (χ0) is 15.8. The molecular weight excluding hydrogens is 282 g/mol. The van der Waals surface area contributed by atoms with Crippen LogP contribution in [0.15, 0.2) is 28.7 Å². The summed E-state index contributed by atoms with van der Waals surface area (Å²) in [6, 6.07) is 9.42. The topological polar surface area (TPSA) is 80.3 Å². The van der Waals surface area contributed by atoms with Gasteiger partial charge < -0.3 is 19.2 Å². The minimum absolute atomic E-state index is 0.234. The molecule has 1 aromatic carbocycles. The second-order valence-corrected chi connectivity index (χ2v) is 4.49. The van der Waals surface area contributed by atoms with Crippen molar-refractivity contribution < 1.29 is 13.9 Å². The Kier molecular flexibility index (Phi) is 5.81. The van der Waals surface area contributed by atoms with Crippen molar-refractivity contribution in [3.63, 3.8) is 0 Å². The van der Waals surface area contributed by atoms with Gasteiger partial charge in [0.1, 0.15) is 11.8 Å². The predicted octanol–water partition coefficient (Wildman–Crippen LogP) is 3.06. The van der Waals surface area contributed by atoms with E-state index in [1.54, 1.807) is 7.11 Å². The van der Waals surface area contributed by atoms with E-state index in [9.17, 15) is 5.26 Å². The van der Waals surface area contributed by atoms with Gasteiger partial charge in [0, 0.05) is 19.8 Å². The molecule has 1 heterocycles. The van der Waals surface area contributed by atoms with E-state index in [0.29, 0.717) is 42.8 Å². The number of rotatable bonds is 8. The van der Waals surface area contributed by atoms with Gasteiger partial charge >= 0.3 is 0 Å². The minimum atomic E-state index is 0.234. The zero-order valence-electron chi connectivity index (χ0n) is 12.8. The Morgan fingerprint density at radius 3 is 2.91 bits per heavy atom. The summed E-state index contributed by atoms with van der Waals surface area (Å²) < 4.78 is 16.2. The molecule has 0 bridgehead atoms. The monoisotopic (exact) mass is 301 g/mol. The van der Waals surface area contributed by atoms with Gasteiger partial charge in [0.25, 0.3) is 0 Å². The van der Waals surface area contributed by atoms with E-state index in [2.05, 4.69) is 10.3 Å². The molecule has 0 atom stereocenters. The van der Waals surface area contributed by atoms with Crippen LogP contribution in [-0.4, -0.2) is 31.9 Å². The Morgan fingerprint density at radius 2 is 2.18 bits per heavy atom. The quantitative estimate of drug-likeness (QED) is 0.755. The lowest BCUT2D eigenvalue weighted by Gasteiger charge is -2.04. The fraction of sp³-hybridized carbons (Fsp3) is 0.375. The van der Waals surface area contributed by atoms with Crippen LogP contribution in [0.5, 0.6) is 5.75 Å². The molecule has 2 aromatic rings. The van der Waals surface area contributed by atoms with Crippen molar-refractivity contribution in [2.24, 2.45) is 0 Å². The first-order chi connectivity index (χ1) is 10.8. The fourth-order valence-corrected chi connectivity index (χ4v) is 1.97. The van der Waals surface area contributed by atoms with E-state index in [1.807, 2.05) is 37.3 Å². The smallest absolute Gasteiger partial charge is 0.233 e. The van der Waals surface area contributed by atoms with Gasteiger partial charge in [0.05, 0.1) is 12.7 Å². The first-order valence-corrected chi connectivity index (χ1v) is 7.16. The average molecular weight is 301 g/mol. The number of nitriles is 1. The molecule has 0 unspecified atom stereocenters. The van der Waals surface area contributed by atoms with Gasteiger partial charge in [0.2, 0.25) is 17.5 Å². The number of para-hydroxylation sites is 1. The first-order valence-electron chi connectivity index (χ1n) is 7.16. The summed E-state index contributed by atoms with van der Waals surface area (Å²) in [5, 5.41) is 12.3. The minimum Gasteiger partial charge on any atom is -0.496 e. The van der Waals surface area contributed by atoms with Gasteiger partial charge in [-0.15, -0.1) is 0 Å². The Balaban J connectivity index is 2.13. The van der Waals surface area contributed by atoms with Crippen LogP contribution < -0.4 is 10.1 Å². The predicted molar refractivity (Wildman–Crippen MR) is 82.8 cm³/mol. The molecule has 0 amide bonds. The highest BCUT2D eigenvalue weighted by Gasteiger charge is 2.16. The normalized spacial score (nSPS) is 10.2. The van der Waals surface area contributed by atoms with Crippen molar-refractivity contribution in [3.8, 4) is 23.3 Å². The number of ether oxygens (including phenoxy) is 2. The maximum atomic E-state index is 9.18. The zero-order valence-corrected chi connectivity index (χ0v) is 12.8.